The highest BCUT2D eigenvalue weighted by Gasteiger charge is 2.44. The van der Waals surface area contributed by atoms with Crippen molar-refractivity contribution >= 4 is 16.9 Å². The van der Waals surface area contributed by atoms with Gasteiger partial charge < -0.3 is 23.5 Å². The highest BCUT2D eigenvalue weighted by atomic mass is 16.5. The zero-order valence-electron chi connectivity index (χ0n) is 20.3. The predicted octanol–water partition coefficient (Wildman–Crippen LogP) is 3.39. The van der Waals surface area contributed by atoms with Gasteiger partial charge in [0, 0.05) is 31.7 Å². The highest BCUT2D eigenvalue weighted by molar-refractivity contribution is 5.99. The number of carbonyl (C=O) groups is 1. The average Bonchev–Trinajstić information content (AvgIpc) is 3.16. The summed E-state index contributed by atoms with van der Waals surface area (Å²) in [6, 6.07) is 10.3. The first kappa shape index (κ1) is 23.4. The van der Waals surface area contributed by atoms with Crippen LogP contribution in [0, 0.1) is 6.92 Å². The summed E-state index contributed by atoms with van der Waals surface area (Å²) in [7, 11) is 3.13. The normalized spacial score (nSPS) is 18.2. The summed E-state index contributed by atoms with van der Waals surface area (Å²) in [5.74, 6) is 0.867. The Morgan fingerprint density at radius 2 is 1.83 bits per heavy atom. The first-order valence-electron chi connectivity index (χ1n) is 11.9. The monoisotopic (exact) mass is 478 g/mol. The van der Waals surface area contributed by atoms with Crippen molar-refractivity contribution in [1.82, 2.24) is 9.80 Å². The van der Waals surface area contributed by atoms with Crippen molar-refractivity contribution < 1.29 is 23.4 Å². The van der Waals surface area contributed by atoms with E-state index >= 15 is 0 Å². The maximum absolute atomic E-state index is 13.8. The van der Waals surface area contributed by atoms with Crippen LogP contribution in [0.2, 0.25) is 0 Å². The predicted molar refractivity (Wildman–Crippen MR) is 132 cm³/mol. The van der Waals surface area contributed by atoms with Gasteiger partial charge in [0.2, 0.25) is 5.76 Å². The number of rotatable bonds is 7. The van der Waals surface area contributed by atoms with Gasteiger partial charge in [-0.05, 0) is 31.5 Å². The van der Waals surface area contributed by atoms with E-state index in [4.69, 9.17) is 18.6 Å². The molecule has 35 heavy (non-hydrogen) atoms. The van der Waals surface area contributed by atoms with Crippen LogP contribution >= 0.6 is 0 Å². The number of fused-ring (bicyclic) bond motifs is 2. The number of nitrogens with zero attached hydrogens (tertiary/aromatic N) is 2. The fourth-order valence-electron chi connectivity index (χ4n) is 5.10. The Kier molecular flexibility index (Phi) is 6.49. The lowest BCUT2D eigenvalue weighted by Gasteiger charge is -2.29. The second-order valence-corrected chi connectivity index (χ2v) is 8.96. The van der Waals surface area contributed by atoms with Crippen molar-refractivity contribution in [2.75, 3.05) is 53.6 Å². The summed E-state index contributed by atoms with van der Waals surface area (Å²) in [6.45, 7) is 6.45. The Morgan fingerprint density at radius 3 is 2.57 bits per heavy atom. The molecule has 1 amide bonds. The molecule has 0 radical (unpaired) electrons. The topological polar surface area (TPSA) is 81.5 Å². The largest absolute Gasteiger partial charge is 0.493 e. The quantitative estimate of drug-likeness (QED) is 0.515. The van der Waals surface area contributed by atoms with Crippen molar-refractivity contribution in [2.45, 2.75) is 19.4 Å². The third kappa shape index (κ3) is 4.17. The zero-order chi connectivity index (χ0) is 24.5. The van der Waals surface area contributed by atoms with Gasteiger partial charge in [0.15, 0.2) is 16.9 Å². The third-order valence-electron chi connectivity index (χ3n) is 6.83. The summed E-state index contributed by atoms with van der Waals surface area (Å²) in [6.07, 6.45) is 0.759. The molecule has 3 aromatic rings. The zero-order valence-corrected chi connectivity index (χ0v) is 20.3. The standard InChI is InChI=1S/C27H30N2O6/c1-17-8-9-20-19(16-17)24(30)22-23(18-6-4-7-21(32-2)25(18)33-3)29(27(31)26(22)35-20)11-5-10-28-12-14-34-15-13-28/h4,6-9,16,23H,5,10-15H2,1-3H3/t23-/m0/s1. The number of morpholine rings is 1. The van der Waals surface area contributed by atoms with E-state index in [0.29, 0.717) is 40.1 Å². The van der Waals surface area contributed by atoms with Crippen molar-refractivity contribution in [3.05, 3.63) is 69.1 Å². The highest BCUT2D eigenvalue weighted by Crippen LogP contribution is 2.44. The van der Waals surface area contributed by atoms with Crippen LogP contribution in [-0.2, 0) is 4.74 Å². The first-order chi connectivity index (χ1) is 17.0. The van der Waals surface area contributed by atoms with Gasteiger partial charge in [-0.3, -0.25) is 14.5 Å². The molecule has 8 nitrogen and oxygen atoms in total. The van der Waals surface area contributed by atoms with Gasteiger partial charge in [-0.25, -0.2) is 0 Å². The second-order valence-electron chi connectivity index (χ2n) is 8.96. The number of aryl methyl sites for hydroxylation is 1. The minimum absolute atomic E-state index is 0.104. The lowest BCUT2D eigenvalue weighted by atomic mass is 9.97. The smallest absolute Gasteiger partial charge is 0.290 e. The van der Waals surface area contributed by atoms with E-state index in [-0.39, 0.29) is 17.1 Å². The molecule has 1 fully saturated rings. The number of benzene rings is 2. The Balaban J connectivity index is 1.60. The number of methoxy groups -OCH3 is 2. The van der Waals surface area contributed by atoms with Gasteiger partial charge in [-0.1, -0.05) is 23.8 Å². The number of hydrogen-bond acceptors (Lipinski definition) is 7. The third-order valence-corrected chi connectivity index (χ3v) is 6.83. The minimum atomic E-state index is -0.631. The molecule has 2 aliphatic heterocycles. The first-order valence-corrected chi connectivity index (χ1v) is 11.9. The molecule has 0 spiro atoms. The van der Waals surface area contributed by atoms with E-state index in [0.717, 1.165) is 44.8 Å². The van der Waals surface area contributed by atoms with Crippen LogP contribution in [0.25, 0.3) is 11.0 Å². The lowest BCUT2D eigenvalue weighted by Crippen LogP contribution is -2.39. The van der Waals surface area contributed by atoms with Gasteiger partial charge in [-0.15, -0.1) is 0 Å². The summed E-state index contributed by atoms with van der Waals surface area (Å²) in [5, 5.41) is 0.471. The molecule has 184 valence electrons. The molecule has 2 aromatic carbocycles. The Morgan fingerprint density at radius 1 is 1.03 bits per heavy atom. The minimum Gasteiger partial charge on any atom is -0.493 e. The molecule has 0 saturated carbocycles. The molecule has 8 heteroatoms. The van der Waals surface area contributed by atoms with Crippen LogP contribution in [0.4, 0.5) is 0 Å². The van der Waals surface area contributed by atoms with E-state index in [1.165, 1.54) is 0 Å². The molecule has 1 atom stereocenters. The fourth-order valence-corrected chi connectivity index (χ4v) is 5.10. The molecule has 0 bridgehead atoms. The molecule has 0 N–H and O–H groups in total. The summed E-state index contributed by atoms with van der Waals surface area (Å²) in [5.41, 5.74) is 2.23. The van der Waals surface area contributed by atoms with Gasteiger partial charge in [0.05, 0.1) is 44.4 Å². The lowest BCUT2D eigenvalue weighted by molar-refractivity contribution is 0.0353. The van der Waals surface area contributed by atoms with Gasteiger partial charge in [0.25, 0.3) is 5.91 Å². The maximum Gasteiger partial charge on any atom is 0.290 e. The van der Waals surface area contributed by atoms with E-state index in [2.05, 4.69) is 4.90 Å². The van der Waals surface area contributed by atoms with Gasteiger partial charge in [0.1, 0.15) is 5.58 Å². The van der Waals surface area contributed by atoms with Crippen LogP contribution in [0.15, 0.2) is 45.6 Å². The van der Waals surface area contributed by atoms with E-state index in [1.54, 1.807) is 31.3 Å². The Bertz CT molecular complexity index is 1310. The number of ether oxygens (including phenoxy) is 3. The summed E-state index contributed by atoms with van der Waals surface area (Å²) >= 11 is 0. The Labute approximate surface area is 204 Å². The molecular weight excluding hydrogens is 448 g/mol. The van der Waals surface area contributed by atoms with E-state index < -0.39 is 6.04 Å². The second kappa shape index (κ2) is 9.71. The van der Waals surface area contributed by atoms with Crippen molar-refractivity contribution in [1.29, 1.82) is 0 Å². The van der Waals surface area contributed by atoms with Gasteiger partial charge in [-0.2, -0.15) is 0 Å². The van der Waals surface area contributed by atoms with Crippen LogP contribution in [0.1, 0.15) is 39.7 Å². The fraction of sp³-hybridized carbons (Fsp3) is 0.407. The van der Waals surface area contributed by atoms with E-state index in [1.807, 2.05) is 31.2 Å². The molecule has 5 rings (SSSR count). The SMILES string of the molecule is COc1cccc([C@H]2c3c(oc4ccc(C)cc4c3=O)C(=O)N2CCCN2CCOCC2)c1OC. The summed E-state index contributed by atoms with van der Waals surface area (Å²) in [4.78, 5) is 31.5. The average molecular weight is 479 g/mol. The number of para-hydroxylation sites is 1. The number of carbonyl (C=O) groups excluding carboxylic acids is 1. The van der Waals surface area contributed by atoms with Crippen LogP contribution in [-0.4, -0.2) is 69.3 Å². The maximum atomic E-state index is 13.8. The van der Waals surface area contributed by atoms with Crippen LogP contribution in [0.3, 0.4) is 0 Å². The van der Waals surface area contributed by atoms with Gasteiger partial charge >= 0.3 is 0 Å². The summed E-state index contributed by atoms with van der Waals surface area (Å²) < 4.78 is 22.7. The van der Waals surface area contributed by atoms with Crippen LogP contribution < -0.4 is 14.9 Å². The molecule has 1 aromatic heterocycles. The molecule has 0 unspecified atom stereocenters. The molecular formula is C27H30N2O6. The number of amides is 1. The molecule has 2 aliphatic rings. The number of hydrogen-bond donors (Lipinski definition) is 0. The molecule has 1 saturated heterocycles. The van der Waals surface area contributed by atoms with Crippen LogP contribution in [0.5, 0.6) is 11.5 Å². The molecule has 0 aliphatic carbocycles. The van der Waals surface area contributed by atoms with Crippen molar-refractivity contribution in [3.63, 3.8) is 0 Å². The Hall–Kier alpha value is -3.36. The van der Waals surface area contributed by atoms with Crippen molar-refractivity contribution in [2.24, 2.45) is 0 Å². The van der Waals surface area contributed by atoms with E-state index in [9.17, 15) is 9.59 Å². The molecule has 3 heterocycles. The van der Waals surface area contributed by atoms with Crippen molar-refractivity contribution in [3.8, 4) is 11.5 Å².